The minimum atomic E-state index is -1.67. The van der Waals surface area contributed by atoms with Crippen LogP contribution in [0.5, 0.6) is 0 Å². The molecule has 11 heteroatoms. The lowest BCUT2D eigenvalue weighted by atomic mass is 9.98. The van der Waals surface area contributed by atoms with Gasteiger partial charge in [-0.1, -0.05) is 197 Å². The summed E-state index contributed by atoms with van der Waals surface area (Å²) in [7, 11) is 0. The molecule has 9 unspecified atom stereocenters. The van der Waals surface area contributed by atoms with E-state index in [0.717, 1.165) is 57.8 Å². The quantitative estimate of drug-likeness (QED) is 0.0215. The van der Waals surface area contributed by atoms with Crippen LogP contribution in [-0.4, -0.2) is 110 Å². The zero-order valence-electron chi connectivity index (χ0n) is 42.6. The molecule has 9 atom stereocenters. The summed E-state index contributed by atoms with van der Waals surface area (Å²) >= 11 is 0. The minimum Gasteiger partial charge on any atom is -0.394 e. The lowest BCUT2D eigenvalue weighted by Crippen LogP contribution is -2.60. The Morgan fingerprint density at radius 2 is 0.910 bits per heavy atom. The van der Waals surface area contributed by atoms with Crippen molar-refractivity contribution in [1.29, 1.82) is 0 Å². The topological polar surface area (TPSA) is 189 Å². The van der Waals surface area contributed by atoms with Gasteiger partial charge in [-0.25, -0.2) is 0 Å². The molecule has 1 fully saturated rings. The number of hydrogen-bond acceptors (Lipinski definition) is 10. The molecule has 8 N–H and O–H groups in total. The number of aliphatic hydroxyl groups is 7. The minimum absolute atomic E-state index is 0.232. The van der Waals surface area contributed by atoms with Gasteiger partial charge in [0.1, 0.15) is 36.6 Å². The number of ether oxygens (including phenoxy) is 2. The number of unbranched alkanes of at least 4 members (excludes halogenated alkanes) is 26. The molecule has 0 aromatic heterocycles. The zero-order chi connectivity index (χ0) is 49.0. The van der Waals surface area contributed by atoms with Crippen LogP contribution in [0.4, 0.5) is 0 Å². The first-order valence-corrected chi connectivity index (χ1v) is 27.5. The Bertz CT molecular complexity index is 1230. The highest BCUT2D eigenvalue weighted by atomic mass is 16.7. The Labute approximate surface area is 409 Å². The van der Waals surface area contributed by atoms with E-state index in [1.807, 2.05) is 0 Å². The molecule has 0 radical (unpaired) electrons. The van der Waals surface area contributed by atoms with E-state index in [1.165, 1.54) is 128 Å². The highest BCUT2D eigenvalue weighted by Gasteiger charge is 2.44. The van der Waals surface area contributed by atoms with E-state index in [0.29, 0.717) is 19.3 Å². The normalized spacial score (nSPS) is 21.0. The van der Waals surface area contributed by atoms with Crippen molar-refractivity contribution in [3.05, 3.63) is 48.6 Å². The highest BCUT2D eigenvalue weighted by Crippen LogP contribution is 2.23. The number of rotatable bonds is 46. The van der Waals surface area contributed by atoms with E-state index in [1.54, 1.807) is 0 Å². The van der Waals surface area contributed by atoms with Crippen LogP contribution in [0.2, 0.25) is 0 Å². The fourth-order valence-corrected chi connectivity index (χ4v) is 8.51. The fraction of sp³-hybridized carbons (Fsp3) is 0.839. The first-order chi connectivity index (χ1) is 32.7. The van der Waals surface area contributed by atoms with E-state index in [4.69, 9.17) is 9.47 Å². The molecule has 0 spiro atoms. The number of hydrogen-bond donors (Lipinski definition) is 8. The van der Waals surface area contributed by atoms with E-state index in [2.05, 4.69) is 67.8 Å². The first-order valence-electron chi connectivity index (χ1n) is 27.5. The van der Waals surface area contributed by atoms with Crippen LogP contribution in [0.3, 0.4) is 0 Å². The summed E-state index contributed by atoms with van der Waals surface area (Å²) in [6.45, 7) is 3.37. The van der Waals surface area contributed by atoms with Crippen molar-refractivity contribution in [2.24, 2.45) is 0 Å². The van der Waals surface area contributed by atoms with Gasteiger partial charge in [-0.2, -0.15) is 0 Å². The van der Waals surface area contributed by atoms with Crippen LogP contribution in [0.1, 0.15) is 232 Å². The Morgan fingerprint density at radius 3 is 1.37 bits per heavy atom. The van der Waals surface area contributed by atoms with E-state index >= 15 is 0 Å². The van der Waals surface area contributed by atoms with Gasteiger partial charge in [0, 0.05) is 0 Å². The van der Waals surface area contributed by atoms with Crippen LogP contribution in [0, 0.1) is 0 Å². The molecule has 1 aliphatic rings. The smallest absolute Gasteiger partial charge is 0.249 e. The van der Waals surface area contributed by atoms with Gasteiger partial charge in [-0.3, -0.25) is 4.79 Å². The molecular weight excluding hydrogens is 847 g/mol. The summed E-state index contributed by atoms with van der Waals surface area (Å²) in [6, 6.07) is -1.20. The van der Waals surface area contributed by atoms with Crippen LogP contribution in [0.25, 0.3) is 0 Å². The van der Waals surface area contributed by atoms with E-state index in [9.17, 15) is 40.5 Å². The van der Waals surface area contributed by atoms with Crippen molar-refractivity contribution in [1.82, 2.24) is 5.32 Å². The summed E-state index contributed by atoms with van der Waals surface area (Å²) < 4.78 is 11.1. The Hall–Kier alpha value is -1.93. The van der Waals surface area contributed by atoms with Gasteiger partial charge in [0.2, 0.25) is 5.91 Å². The molecule has 1 rings (SSSR count). The van der Waals surface area contributed by atoms with Gasteiger partial charge in [0.05, 0.1) is 25.4 Å². The number of amides is 1. The Kier molecular flexibility index (Phi) is 42.6. The van der Waals surface area contributed by atoms with Crippen molar-refractivity contribution in [3.8, 4) is 0 Å². The first kappa shape index (κ1) is 63.1. The maximum absolute atomic E-state index is 13.1. The molecule has 1 heterocycles. The summed E-state index contributed by atoms with van der Waals surface area (Å²) in [5.74, 6) is -0.725. The predicted octanol–water partition coefficient (Wildman–Crippen LogP) is 10.9. The Morgan fingerprint density at radius 1 is 0.507 bits per heavy atom. The number of allylic oxidation sites excluding steroid dienone is 8. The standard InChI is InChI=1S/C56H103NO10/c1-3-5-7-9-11-13-15-16-17-18-19-20-21-22-23-24-25-26-27-28-29-30-31-32-33-34-36-37-39-41-43-48(59)51(61)47(46-66-56-54(64)53(63)52(62)50(45-58)67-56)57-55(65)49(60)44-42-40-38-35-14-12-10-8-6-4-2/h10,12,27-28,31-32,36-37,47-54,56,58-64H,3-9,11,13-26,29-30,33-35,38-46H2,1-2H3,(H,57,65)/b12-10-,28-27+,32-31+,37-36+. The summed E-state index contributed by atoms with van der Waals surface area (Å²) in [5.41, 5.74) is 0. The zero-order valence-corrected chi connectivity index (χ0v) is 42.6. The van der Waals surface area contributed by atoms with Crippen molar-refractivity contribution >= 4 is 5.91 Å². The van der Waals surface area contributed by atoms with Gasteiger partial charge in [-0.15, -0.1) is 0 Å². The lowest BCUT2D eigenvalue weighted by molar-refractivity contribution is -0.303. The van der Waals surface area contributed by atoms with Crippen molar-refractivity contribution < 1.29 is 50.0 Å². The highest BCUT2D eigenvalue weighted by molar-refractivity contribution is 5.80. The third kappa shape index (κ3) is 34.1. The number of carbonyl (C=O) groups excluding carboxylic acids is 1. The molecule has 0 aliphatic carbocycles. The van der Waals surface area contributed by atoms with Crippen LogP contribution in [-0.2, 0) is 14.3 Å². The fourth-order valence-electron chi connectivity index (χ4n) is 8.51. The Balaban J connectivity index is 2.29. The molecule has 392 valence electrons. The summed E-state index contributed by atoms with van der Waals surface area (Å²) in [4.78, 5) is 13.1. The van der Waals surface area contributed by atoms with E-state index in [-0.39, 0.29) is 12.8 Å². The second-order valence-corrected chi connectivity index (χ2v) is 19.3. The molecule has 1 aliphatic heterocycles. The lowest BCUT2D eigenvalue weighted by Gasteiger charge is -2.40. The second-order valence-electron chi connectivity index (χ2n) is 19.3. The molecule has 11 nitrogen and oxygen atoms in total. The van der Waals surface area contributed by atoms with Crippen molar-refractivity contribution in [2.75, 3.05) is 13.2 Å². The molecule has 1 saturated heterocycles. The molecule has 67 heavy (non-hydrogen) atoms. The predicted molar refractivity (Wildman–Crippen MR) is 275 cm³/mol. The number of aliphatic hydroxyl groups excluding tert-OH is 7. The average Bonchev–Trinajstić information content (AvgIpc) is 3.33. The SMILES string of the molecule is CCCC/C=C\CCCCCCC(O)C(=O)NC(COC1OC(CO)C(O)C(O)C1O)C(O)C(O)CCC/C=C/CC/C=C/CC/C=C/CCCCCCCCCCCCCCCCCCC. The molecule has 0 saturated carbocycles. The molecular formula is C56H103NO10. The van der Waals surface area contributed by atoms with Gasteiger partial charge >= 0.3 is 0 Å². The molecule has 1 amide bonds. The third-order valence-corrected chi connectivity index (χ3v) is 13.1. The van der Waals surface area contributed by atoms with Crippen molar-refractivity contribution in [2.45, 2.75) is 287 Å². The molecule has 0 aromatic rings. The van der Waals surface area contributed by atoms with Gasteiger partial charge in [0.25, 0.3) is 0 Å². The number of nitrogens with one attached hydrogen (secondary N) is 1. The maximum Gasteiger partial charge on any atom is 0.249 e. The molecule has 0 aromatic carbocycles. The van der Waals surface area contributed by atoms with Gasteiger partial charge in [-0.05, 0) is 83.5 Å². The number of carbonyl (C=O) groups is 1. The van der Waals surface area contributed by atoms with Gasteiger partial charge in [0.15, 0.2) is 6.29 Å². The van der Waals surface area contributed by atoms with Crippen molar-refractivity contribution in [3.63, 3.8) is 0 Å². The van der Waals surface area contributed by atoms with Crippen LogP contribution >= 0.6 is 0 Å². The third-order valence-electron chi connectivity index (χ3n) is 13.1. The largest absolute Gasteiger partial charge is 0.394 e. The average molecular weight is 950 g/mol. The second kappa shape index (κ2) is 45.2. The van der Waals surface area contributed by atoms with E-state index < -0.39 is 74.2 Å². The van der Waals surface area contributed by atoms with Crippen LogP contribution in [0.15, 0.2) is 48.6 Å². The van der Waals surface area contributed by atoms with Gasteiger partial charge < -0.3 is 50.5 Å². The van der Waals surface area contributed by atoms with Crippen LogP contribution < -0.4 is 5.32 Å². The monoisotopic (exact) mass is 950 g/mol. The maximum atomic E-state index is 13.1. The summed E-state index contributed by atoms with van der Waals surface area (Å²) in [6.07, 6.45) is 44.9. The summed E-state index contributed by atoms with van der Waals surface area (Å²) in [5, 5.41) is 75.7. The molecule has 0 bridgehead atoms.